The van der Waals surface area contributed by atoms with Crippen LogP contribution in [-0.4, -0.2) is 19.9 Å². The van der Waals surface area contributed by atoms with Gasteiger partial charge in [-0.3, -0.25) is 4.98 Å². The number of rotatable bonds is 4. The Labute approximate surface area is 104 Å². The molecule has 3 N–H and O–H groups in total. The maximum atomic E-state index is 5.49. The SMILES string of the molecule is NC(=S)c1ccnc(NCc2cccnc2)n1. The Bertz CT molecular complexity index is 514. The lowest BCUT2D eigenvalue weighted by Gasteiger charge is -2.05. The van der Waals surface area contributed by atoms with Crippen LogP contribution < -0.4 is 11.1 Å². The van der Waals surface area contributed by atoms with E-state index in [1.807, 2.05) is 12.1 Å². The fourth-order valence-corrected chi connectivity index (χ4v) is 1.38. The quantitative estimate of drug-likeness (QED) is 0.786. The molecule has 17 heavy (non-hydrogen) atoms. The second kappa shape index (κ2) is 5.31. The molecule has 2 aromatic rings. The third kappa shape index (κ3) is 3.18. The fourth-order valence-electron chi connectivity index (χ4n) is 1.26. The summed E-state index contributed by atoms with van der Waals surface area (Å²) in [6.07, 6.45) is 5.13. The molecule has 2 rings (SSSR count). The van der Waals surface area contributed by atoms with Crippen LogP contribution in [0.3, 0.4) is 0 Å². The second-order valence-corrected chi connectivity index (χ2v) is 3.78. The summed E-state index contributed by atoms with van der Waals surface area (Å²) in [5, 5.41) is 3.08. The summed E-state index contributed by atoms with van der Waals surface area (Å²) in [5.74, 6) is 0.499. The summed E-state index contributed by atoms with van der Waals surface area (Å²) in [6, 6.07) is 5.53. The molecule has 5 nitrogen and oxygen atoms in total. The van der Waals surface area contributed by atoms with E-state index in [1.54, 1.807) is 24.7 Å². The first-order valence-corrected chi connectivity index (χ1v) is 5.42. The molecular weight excluding hydrogens is 234 g/mol. The summed E-state index contributed by atoms with van der Waals surface area (Å²) in [4.78, 5) is 12.5. The molecule has 2 aromatic heterocycles. The standard InChI is InChI=1S/C11H11N5S/c12-10(17)9-3-5-14-11(16-9)15-7-8-2-1-4-13-6-8/h1-6H,7H2,(H2,12,17)(H,14,15,16). The molecule has 0 atom stereocenters. The van der Waals surface area contributed by atoms with Crippen LogP contribution in [0.2, 0.25) is 0 Å². The molecule has 0 bridgehead atoms. The number of nitrogens with one attached hydrogen (secondary N) is 1. The van der Waals surface area contributed by atoms with Crippen LogP contribution in [-0.2, 0) is 6.54 Å². The number of nitrogens with two attached hydrogens (primary N) is 1. The van der Waals surface area contributed by atoms with Crippen LogP contribution in [0.25, 0.3) is 0 Å². The van der Waals surface area contributed by atoms with E-state index >= 15 is 0 Å². The molecule has 0 aliphatic heterocycles. The molecule has 0 aromatic carbocycles. The summed E-state index contributed by atoms with van der Waals surface area (Å²) in [7, 11) is 0. The smallest absolute Gasteiger partial charge is 0.223 e. The lowest BCUT2D eigenvalue weighted by molar-refractivity contribution is 1.04. The molecular formula is C11H11N5S. The van der Waals surface area contributed by atoms with Crippen LogP contribution in [0.15, 0.2) is 36.8 Å². The number of hydrogen-bond donors (Lipinski definition) is 2. The maximum absolute atomic E-state index is 5.49. The molecule has 0 saturated heterocycles. The molecule has 0 radical (unpaired) electrons. The maximum Gasteiger partial charge on any atom is 0.223 e. The van der Waals surface area contributed by atoms with Crippen molar-refractivity contribution in [3.8, 4) is 0 Å². The number of pyridine rings is 1. The van der Waals surface area contributed by atoms with Gasteiger partial charge in [-0.1, -0.05) is 18.3 Å². The number of thiocarbonyl (C=S) groups is 1. The van der Waals surface area contributed by atoms with Crippen LogP contribution in [0.5, 0.6) is 0 Å². The first-order chi connectivity index (χ1) is 8.25. The van der Waals surface area contributed by atoms with E-state index < -0.39 is 0 Å². The topological polar surface area (TPSA) is 76.7 Å². The minimum atomic E-state index is 0.261. The molecule has 0 saturated carbocycles. The van der Waals surface area contributed by atoms with E-state index in [-0.39, 0.29) is 4.99 Å². The monoisotopic (exact) mass is 245 g/mol. The summed E-state index contributed by atoms with van der Waals surface area (Å²) in [5.41, 5.74) is 7.10. The first kappa shape index (κ1) is 11.4. The van der Waals surface area contributed by atoms with Crippen molar-refractivity contribution in [3.05, 3.63) is 48.0 Å². The van der Waals surface area contributed by atoms with Crippen molar-refractivity contribution in [1.82, 2.24) is 15.0 Å². The lowest BCUT2D eigenvalue weighted by atomic mass is 10.3. The van der Waals surface area contributed by atoms with Crippen molar-refractivity contribution < 1.29 is 0 Å². The van der Waals surface area contributed by atoms with Crippen LogP contribution >= 0.6 is 12.2 Å². The van der Waals surface area contributed by atoms with Crippen molar-refractivity contribution in [1.29, 1.82) is 0 Å². The predicted octanol–water partition coefficient (Wildman–Crippen LogP) is 1.12. The number of nitrogens with zero attached hydrogens (tertiary/aromatic N) is 3. The zero-order chi connectivity index (χ0) is 12.1. The molecule has 2 heterocycles. The average molecular weight is 245 g/mol. The van der Waals surface area contributed by atoms with Crippen LogP contribution in [0.1, 0.15) is 11.3 Å². The van der Waals surface area contributed by atoms with Crippen molar-refractivity contribution in [2.75, 3.05) is 5.32 Å². The van der Waals surface area contributed by atoms with Gasteiger partial charge < -0.3 is 11.1 Å². The van der Waals surface area contributed by atoms with Gasteiger partial charge in [0.1, 0.15) is 10.7 Å². The van der Waals surface area contributed by atoms with Gasteiger partial charge in [0, 0.05) is 25.1 Å². The fraction of sp³-hybridized carbons (Fsp3) is 0.0909. The van der Waals surface area contributed by atoms with Gasteiger partial charge in [-0.2, -0.15) is 0 Å². The van der Waals surface area contributed by atoms with Gasteiger partial charge in [0.05, 0.1) is 0 Å². The Morgan fingerprint density at radius 1 is 1.35 bits per heavy atom. The highest BCUT2D eigenvalue weighted by Gasteiger charge is 2.01. The van der Waals surface area contributed by atoms with Gasteiger partial charge in [0.25, 0.3) is 0 Å². The second-order valence-electron chi connectivity index (χ2n) is 3.34. The van der Waals surface area contributed by atoms with Gasteiger partial charge >= 0.3 is 0 Å². The van der Waals surface area contributed by atoms with E-state index in [2.05, 4.69) is 20.3 Å². The molecule has 6 heteroatoms. The highest BCUT2D eigenvalue weighted by atomic mass is 32.1. The molecule has 0 aliphatic rings. The van der Waals surface area contributed by atoms with E-state index in [4.69, 9.17) is 18.0 Å². The zero-order valence-corrected chi connectivity index (χ0v) is 9.81. The lowest BCUT2D eigenvalue weighted by Crippen LogP contribution is -2.13. The van der Waals surface area contributed by atoms with Gasteiger partial charge in [0.15, 0.2) is 0 Å². The van der Waals surface area contributed by atoms with Crippen molar-refractivity contribution >= 4 is 23.2 Å². The average Bonchev–Trinajstić information content (AvgIpc) is 2.38. The van der Waals surface area contributed by atoms with Crippen LogP contribution in [0.4, 0.5) is 5.95 Å². The zero-order valence-electron chi connectivity index (χ0n) is 9.00. The van der Waals surface area contributed by atoms with Crippen molar-refractivity contribution in [2.45, 2.75) is 6.54 Å². The number of hydrogen-bond acceptors (Lipinski definition) is 5. The van der Waals surface area contributed by atoms with Crippen LogP contribution in [0, 0.1) is 0 Å². The Kier molecular flexibility index (Phi) is 3.56. The molecule has 0 aliphatic carbocycles. The minimum absolute atomic E-state index is 0.261. The highest BCUT2D eigenvalue weighted by Crippen LogP contribution is 2.03. The summed E-state index contributed by atoms with van der Waals surface area (Å²) in [6.45, 7) is 0.606. The molecule has 0 spiro atoms. The highest BCUT2D eigenvalue weighted by molar-refractivity contribution is 7.80. The van der Waals surface area contributed by atoms with Gasteiger partial charge in [-0.15, -0.1) is 0 Å². The Morgan fingerprint density at radius 2 is 2.24 bits per heavy atom. The molecule has 0 unspecified atom stereocenters. The first-order valence-electron chi connectivity index (χ1n) is 5.01. The van der Waals surface area contributed by atoms with Crippen molar-refractivity contribution in [2.24, 2.45) is 5.73 Å². The van der Waals surface area contributed by atoms with E-state index in [0.717, 1.165) is 5.56 Å². The summed E-state index contributed by atoms with van der Waals surface area (Å²) >= 11 is 4.85. The Balaban J connectivity index is 2.04. The largest absolute Gasteiger partial charge is 0.388 e. The molecule has 0 fully saturated rings. The van der Waals surface area contributed by atoms with Gasteiger partial charge in [0.2, 0.25) is 5.95 Å². The number of anilines is 1. The minimum Gasteiger partial charge on any atom is -0.388 e. The van der Waals surface area contributed by atoms with E-state index in [9.17, 15) is 0 Å². The third-order valence-corrected chi connectivity index (χ3v) is 2.29. The normalized spacial score (nSPS) is 9.88. The van der Waals surface area contributed by atoms with Crippen molar-refractivity contribution in [3.63, 3.8) is 0 Å². The Hall–Kier alpha value is -2.08. The van der Waals surface area contributed by atoms with E-state index in [0.29, 0.717) is 18.2 Å². The van der Waals surface area contributed by atoms with Gasteiger partial charge in [-0.25, -0.2) is 9.97 Å². The Morgan fingerprint density at radius 3 is 2.94 bits per heavy atom. The molecule has 0 amide bonds. The van der Waals surface area contributed by atoms with Gasteiger partial charge in [-0.05, 0) is 17.7 Å². The third-order valence-electron chi connectivity index (χ3n) is 2.08. The number of aromatic nitrogens is 3. The predicted molar refractivity (Wildman–Crippen MR) is 69.5 cm³/mol. The molecule has 86 valence electrons. The summed E-state index contributed by atoms with van der Waals surface area (Å²) < 4.78 is 0. The van der Waals surface area contributed by atoms with E-state index in [1.165, 1.54) is 0 Å².